The van der Waals surface area contributed by atoms with Crippen molar-refractivity contribution in [3.05, 3.63) is 63.6 Å². The summed E-state index contributed by atoms with van der Waals surface area (Å²) in [6.07, 6.45) is 0. The molecule has 0 aliphatic heterocycles. The number of nitrogens with zero attached hydrogens (tertiary/aromatic N) is 2. The van der Waals surface area contributed by atoms with E-state index in [1.807, 2.05) is 19.9 Å². The number of anilines is 1. The molecule has 1 N–H and O–H groups in total. The summed E-state index contributed by atoms with van der Waals surface area (Å²) in [6, 6.07) is 13.9. The van der Waals surface area contributed by atoms with E-state index >= 15 is 0 Å². The Hall–Kier alpha value is -2.22. The molecule has 0 heterocycles. The van der Waals surface area contributed by atoms with E-state index < -0.39 is 0 Å². The first kappa shape index (κ1) is 18.1. The minimum atomic E-state index is -0.244. The largest absolute Gasteiger partial charge is 0.322 e. The maximum absolute atomic E-state index is 12.6. The highest BCUT2D eigenvalue weighted by Crippen LogP contribution is 2.24. The number of amides is 2. The highest BCUT2D eigenvalue weighted by Gasteiger charge is 2.18. The van der Waals surface area contributed by atoms with Gasteiger partial charge in [0.05, 0.1) is 21.7 Å². The number of urea groups is 1. The summed E-state index contributed by atoms with van der Waals surface area (Å²) in [5, 5.41) is 12.7. The quantitative estimate of drug-likeness (QED) is 0.802. The number of carbonyl (C=O) groups is 1. The highest BCUT2D eigenvalue weighted by atomic mass is 35.5. The second-order valence-corrected chi connectivity index (χ2v) is 6.41. The van der Waals surface area contributed by atoms with Gasteiger partial charge >= 0.3 is 6.03 Å². The van der Waals surface area contributed by atoms with Gasteiger partial charge in [0.15, 0.2) is 0 Å². The molecule has 0 aliphatic carbocycles. The summed E-state index contributed by atoms with van der Waals surface area (Å²) >= 11 is 12.0. The van der Waals surface area contributed by atoms with Gasteiger partial charge in [0.25, 0.3) is 0 Å². The zero-order valence-corrected chi connectivity index (χ0v) is 14.9. The fourth-order valence-electron chi connectivity index (χ4n) is 2.19. The minimum absolute atomic E-state index is 0.0152. The third-order valence-corrected chi connectivity index (χ3v) is 4.20. The maximum Gasteiger partial charge on any atom is 0.322 e. The number of halogens is 2. The van der Waals surface area contributed by atoms with E-state index in [-0.39, 0.29) is 12.1 Å². The van der Waals surface area contributed by atoms with Crippen LogP contribution in [-0.2, 0) is 6.54 Å². The first-order valence-corrected chi connectivity index (χ1v) is 8.18. The van der Waals surface area contributed by atoms with Crippen LogP contribution in [-0.4, -0.2) is 17.0 Å². The molecular weight excluding hydrogens is 345 g/mol. The van der Waals surface area contributed by atoms with Gasteiger partial charge in [-0.3, -0.25) is 0 Å². The van der Waals surface area contributed by atoms with Gasteiger partial charge in [-0.2, -0.15) is 5.26 Å². The van der Waals surface area contributed by atoms with Gasteiger partial charge in [-0.05, 0) is 49.7 Å². The molecule has 0 bridgehead atoms. The SMILES string of the molecule is CC(C)N(Cc1ccc(Cl)c(Cl)c1)C(=O)Nc1cccc(C#N)c1. The summed E-state index contributed by atoms with van der Waals surface area (Å²) in [5.74, 6) is 0. The first-order chi connectivity index (χ1) is 11.4. The van der Waals surface area contributed by atoms with Crippen LogP contribution < -0.4 is 5.32 Å². The zero-order valence-electron chi connectivity index (χ0n) is 13.4. The van der Waals surface area contributed by atoms with Crippen molar-refractivity contribution in [1.29, 1.82) is 5.26 Å². The molecular formula is C18H17Cl2N3O. The van der Waals surface area contributed by atoms with E-state index in [4.69, 9.17) is 28.5 Å². The molecule has 0 saturated heterocycles. The van der Waals surface area contributed by atoms with Gasteiger partial charge < -0.3 is 10.2 Å². The fraction of sp³-hybridized carbons (Fsp3) is 0.222. The van der Waals surface area contributed by atoms with Crippen molar-refractivity contribution in [3.63, 3.8) is 0 Å². The molecule has 2 aromatic carbocycles. The van der Waals surface area contributed by atoms with Crippen LogP contribution in [0.2, 0.25) is 10.0 Å². The lowest BCUT2D eigenvalue weighted by molar-refractivity contribution is 0.193. The van der Waals surface area contributed by atoms with Crippen LogP contribution in [0.3, 0.4) is 0 Å². The van der Waals surface area contributed by atoms with E-state index in [2.05, 4.69) is 11.4 Å². The average Bonchev–Trinajstić information content (AvgIpc) is 2.55. The molecule has 6 heteroatoms. The van der Waals surface area contributed by atoms with Crippen molar-refractivity contribution < 1.29 is 4.79 Å². The van der Waals surface area contributed by atoms with E-state index in [1.54, 1.807) is 41.3 Å². The minimum Gasteiger partial charge on any atom is -0.318 e. The highest BCUT2D eigenvalue weighted by molar-refractivity contribution is 6.42. The van der Waals surface area contributed by atoms with Crippen molar-refractivity contribution in [2.75, 3.05) is 5.32 Å². The zero-order chi connectivity index (χ0) is 17.7. The molecule has 24 heavy (non-hydrogen) atoms. The molecule has 0 aliphatic rings. The second kappa shape index (κ2) is 8.05. The van der Waals surface area contributed by atoms with E-state index in [0.717, 1.165) is 5.56 Å². The number of hydrogen-bond donors (Lipinski definition) is 1. The predicted molar refractivity (Wildman–Crippen MR) is 97.3 cm³/mol. The summed E-state index contributed by atoms with van der Waals surface area (Å²) in [7, 11) is 0. The van der Waals surface area contributed by atoms with Crippen LogP contribution in [0.15, 0.2) is 42.5 Å². The Bertz CT molecular complexity index is 784. The van der Waals surface area contributed by atoms with Gasteiger partial charge in [-0.25, -0.2) is 4.79 Å². The van der Waals surface area contributed by atoms with Crippen LogP contribution in [0.1, 0.15) is 25.0 Å². The average molecular weight is 362 g/mol. The third kappa shape index (κ3) is 4.64. The molecule has 0 unspecified atom stereocenters. The van der Waals surface area contributed by atoms with Crippen LogP contribution in [0.4, 0.5) is 10.5 Å². The first-order valence-electron chi connectivity index (χ1n) is 7.42. The number of rotatable bonds is 4. The Kier molecular flexibility index (Phi) is 6.08. The van der Waals surface area contributed by atoms with Crippen LogP contribution in [0, 0.1) is 11.3 Å². The molecule has 0 spiro atoms. The number of benzene rings is 2. The number of nitriles is 1. The summed E-state index contributed by atoms with van der Waals surface area (Å²) in [6.45, 7) is 4.27. The molecule has 0 saturated carbocycles. The van der Waals surface area contributed by atoms with Crippen molar-refractivity contribution in [2.24, 2.45) is 0 Å². The maximum atomic E-state index is 12.6. The Morgan fingerprint density at radius 1 is 1.21 bits per heavy atom. The van der Waals surface area contributed by atoms with Gasteiger partial charge in [0.1, 0.15) is 0 Å². The predicted octanol–water partition coefficient (Wildman–Crippen LogP) is 5.31. The lowest BCUT2D eigenvalue weighted by Crippen LogP contribution is -2.39. The summed E-state index contributed by atoms with van der Waals surface area (Å²) < 4.78 is 0. The lowest BCUT2D eigenvalue weighted by Gasteiger charge is -2.27. The number of nitrogens with one attached hydrogen (secondary N) is 1. The van der Waals surface area contributed by atoms with Gasteiger partial charge in [0.2, 0.25) is 0 Å². The van der Waals surface area contributed by atoms with Crippen LogP contribution >= 0.6 is 23.2 Å². The van der Waals surface area contributed by atoms with Gasteiger partial charge in [0, 0.05) is 18.3 Å². The van der Waals surface area contributed by atoms with E-state index in [0.29, 0.717) is 27.8 Å². The van der Waals surface area contributed by atoms with Crippen molar-refractivity contribution >= 4 is 34.9 Å². The molecule has 124 valence electrons. The normalized spacial score (nSPS) is 10.3. The summed E-state index contributed by atoms with van der Waals surface area (Å²) in [5.41, 5.74) is 1.96. The van der Waals surface area contributed by atoms with Crippen LogP contribution in [0.25, 0.3) is 0 Å². The topological polar surface area (TPSA) is 56.1 Å². The molecule has 4 nitrogen and oxygen atoms in total. The Labute approximate surface area is 151 Å². The van der Waals surface area contributed by atoms with E-state index in [1.165, 1.54) is 0 Å². The Balaban J connectivity index is 2.15. The Morgan fingerprint density at radius 3 is 2.58 bits per heavy atom. The number of carbonyl (C=O) groups excluding carboxylic acids is 1. The monoisotopic (exact) mass is 361 g/mol. The molecule has 2 aromatic rings. The van der Waals surface area contributed by atoms with Crippen molar-refractivity contribution in [2.45, 2.75) is 26.4 Å². The molecule has 0 radical (unpaired) electrons. The van der Waals surface area contributed by atoms with E-state index in [9.17, 15) is 4.79 Å². The van der Waals surface area contributed by atoms with Gasteiger partial charge in [-0.15, -0.1) is 0 Å². The molecule has 0 fully saturated rings. The summed E-state index contributed by atoms with van der Waals surface area (Å²) in [4.78, 5) is 14.3. The second-order valence-electron chi connectivity index (χ2n) is 5.59. The van der Waals surface area contributed by atoms with Crippen LogP contribution in [0.5, 0.6) is 0 Å². The standard InChI is InChI=1S/C18H17Cl2N3O/c1-12(2)23(11-14-6-7-16(19)17(20)9-14)18(24)22-15-5-3-4-13(8-15)10-21/h3-9,12H,11H2,1-2H3,(H,22,24). The molecule has 2 rings (SSSR count). The van der Waals surface area contributed by atoms with Crippen molar-refractivity contribution in [3.8, 4) is 6.07 Å². The Morgan fingerprint density at radius 2 is 1.96 bits per heavy atom. The number of hydrogen-bond acceptors (Lipinski definition) is 2. The third-order valence-electron chi connectivity index (χ3n) is 3.46. The van der Waals surface area contributed by atoms with Gasteiger partial charge in [-0.1, -0.05) is 35.3 Å². The lowest BCUT2D eigenvalue weighted by atomic mass is 10.2. The van der Waals surface area contributed by atoms with Crippen molar-refractivity contribution in [1.82, 2.24) is 4.90 Å². The molecule has 0 atom stereocenters. The molecule has 2 amide bonds. The fourth-order valence-corrected chi connectivity index (χ4v) is 2.51. The smallest absolute Gasteiger partial charge is 0.318 e. The molecule has 0 aromatic heterocycles.